The van der Waals surface area contributed by atoms with Gasteiger partial charge in [-0.3, -0.25) is 14.5 Å². The molecule has 4 rings (SSSR count). The summed E-state index contributed by atoms with van der Waals surface area (Å²) in [6, 6.07) is 5.63. The van der Waals surface area contributed by atoms with E-state index < -0.39 is 27.5 Å². The second kappa shape index (κ2) is 14.2. The molecule has 2 fully saturated rings. The van der Waals surface area contributed by atoms with E-state index in [1.807, 2.05) is 4.90 Å². The number of rotatable bonds is 9. The Balaban J connectivity index is 1.49. The minimum atomic E-state index is -4.79. The summed E-state index contributed by atoms with van der Waals surface area (Å²) in [5, 5.41) is 8.77. The standard InChI is InChI=1S/C29H35Cl2F3N4O4S/c1-2-43(41,42)26-9-8-20(30)12-19(26)15-36-27(39)18-13-23(29(32,33)34)22(24(31)14-18)17-38-11-5-6-21(16-38)37-28(40)25-7-3-4-10-35-25/h8-9,12-14,21,25,35H,2-7,10-11,15-17H2,1H3,(H,36,39)(H,37,40)/t21-,25-/m0/s1. The van der Waals surface area contributed by atoms with Crippen molar-refractivity contribution in [1.29, 1.82) is 0 Å². The average Bonchev–Trinajstić information content (AvgIpc) is 2.96. The fraction of sp³-hybridized carbons (Fsp3) is 0.517. The minimum absolute atomic E-state index is 0.0184. The van der Waals surface area contributed by atoms with Gasteiger partial charge in [-0.05, 0) is 80.2 Å². The van der Waals surface area contributed by atoms with Gasteiger partial charge in [-0.25, -0.2) is 8.42 Å². The number of carbonyl (C=O) groups excluding carboxylic acids is 2. The summed E-state index contributed by atoms with van der Waals surface area (Å²) >= 11 is 12.4. The van der Waals surface area contributed by atoms with Crippen LogP contribution in [-0.4, -0.2) is 62.6 Å². The zero-order valence-corrected chi connectivity index (χ0v) is 26.0. The fourth-order valence-corrected chi connectivity index (χ4v) is 7.11. The number of nitrogens with one attached hydrogen (secondary N) is 3. The van der Waals surface area contributed by atoms with Crippen LogP contribution in [0.25, 0.3) is 0 Å². The molecule has 2 aromatic carbocycles. The molecular formula is C29H35Cl2F3N4O4S. The van der Waals surface area contributed by atoms with E-state index in [2.05, 4.69) is 16.0 Å². The Kier molecular flexibility index (Phi) is 11.0. The van der Waals surface area contributed by atoms with Crippen LogP contribution in [0.4, 0.5) is 13.2 Å². The first-order valence-corrected chi connectivity index (χ1v) is 16.6. The van der Waals surface area contributed by atoms with Crippen molar-refractivity contribution in [1.82, 2.24) is 20.9 Å². The summed E-state index contributed by atoms with van der Waals surface area (Å²) in [7, 11) is -3.64. The highest BCUT2D eigenvalue weighted by Crippen LogP contribution is 2.37. The molecule has 2 heterocycles. The zero-order valence-electron chi connectivity index (χ0n) is 23.7. The molecular weight excluding hydrogens is 628 g/mol. The average molecular weight is 664 g/mol. The first-order chi connectivity index (χ1) is 20.3. The Bertz CT molecular complexity index is 1450. The van der Waals surface area contributed by atoms with Crippen molar-refractivity contribution >= 4 is 44.9 Å². The van der Waals surface area contributed by atoms with Crippen molar-refractivity contribution in [2.45, 2.75) is 75.3 Å². The Labute approximate surface area is 259 Å². The van der Waals surface area contributed by atoms with E-state index >= 15 is 0 Å². The molecule has 2 aliphatic rings. The number of carbonyl (C=O) groups is 2. The van der Waals surface area contributed by atoms with Crippen LogP contribution in [-0.2, 0) is 33.9 Å². The number of likely N-dealkylation sites (tertiary alicyclic amines) is 1. The van der Waals surface area contributed by atoms with Crippen molar-refractivity contribution in [3.63, 3.8) is 0 Å². The molecule has 43 heavy (non-hydrogen) atoms. The van der Waals surface area contributed by atoms with E-state index in [1.54, 1.807) is 0 Å². The van der Waals surface area contributed by atoms with Crippen LogP contribution in [0.2, 0.25) is 10.0 Å². The summed E-state index contributed by atoms with van der Waals surface area (Å²) in [4.78, 5) is 27.5. The van der Waals surface area contributed by atoms with Crippen molar-refractivity contribution in [2.75, 3.05) is 25.4 Å². The lowest BCUT2D eigenvalue weighted by Crippen LogP contribution is -2.53. The number of amides is 2. The van der Waals surface area contributed by atoms with Gasteiger partial charge < -0.3 is 16.0 Å². The van der Waals surface area contributed by atoms with Gasteiger partial charge in [-0.1, -0.05) is 36.5 Å². The highest BCUT2D eigenvalue weighted by atomic mass is 35.5. The summed E-state index contributed by atoms with van der Waals surface area (Å²) < 4.78 is 67.7. The Morgan fingerprint density at radius 3 is 2.53 bits per heavy atom. The molecule has 2 aliphatic heterocycles. The SMILES string of the molecule is CCS(=O)(=O)c1ccc(Cl)cc1CNC(=O)c1cc(Cl)c(CN2CCC[C@H](NC(=O)[C@@H]3CCCCN3)C2)c(C(F)(F)F)c1. The van der Waals surface area contributed by atoms with Crippen LogP contribution < -0.4 is 16.0 Å². The molecule has 8 nitrogen and oxygen atoms in total. The van der Waals surface area contributed by atoms with Crippen LogP contribution in [0.3, 0.4) is 0 Å². The van der Waals surface area contributed by atoms with Crippen molar-refractivity contribution < 1.29 is 31.2 Å². The topological polar surface area (TPSA) is 108 Å². The number of sulfone groups is 1. The van der Waals surface area contributed by atoms with Crippen molar-refractivity contribution in [3.05, 3.63) is 62.6 Å². The second-order valence-electron chi connectivity index (χ2n) is 10.9. The van der Waals surface area contributed by atoms with Crippen LogP contribution >= 0.6 is 23.2 Å². The highest BCUT2D eigenvalue weighted by molar-refractivity contribution is 7.91. The molecule has 0 bridgehead atoms. The minimum Gasteiger partial charge on any atom is -0.351 e. The third-order valence-electron chi connectivity index (χ3n) is 7.80. The predicted octanol–water partition coefficient (Wildman–Crippen LogP) is 4.96. The van der Waals surface area contributed by atoms with Gasteiger partial charge in [0.05, 0.1) is 22.3 Å². The quantitative estimate of drug-likeness (QED) is 0.351. The Hall–Kier alpha value is -2.38. The molecule has 0 radical (unpaired) electrons. The van der Waals surface area contributed by atoms with E-state index in [0.29, 0.717) is 19.5 Å². The summed E-state index contributed by atoms with van der Waals surface area (Å²) in [6.07, 6.45) is -0.623. The van der Waals surface area contributed by atoms with E-state index in [9.17, 15) is 31.2 Å². The molecule has 3 N–H and O–H groups in total. The lowest BCUT2D eigenvalue weighted by Gasteiger charge is -2.35. The zero-order chi connectivity index (χ0) is 31.4. The number of hydrogen-bond donors (Lipinski definition) is 3. The molecule has 0 saturated carbocycles. The van der Waals surface area contributed by atoms with Gasteiger partial charge in [0.25, 0.3) is 5.91 Å². The monoisotopic (exact) mass is 662 g/mol. The fourth-order valence-electron chi connectivity index (χ4n) is 5.52. The lowest BCUT2D eigenvalue weighted by atomic mass is 9.99. The van der Waals surface area contributed by atoms with Crippen molar-refractivity contribution in [3.8, 4) is 0 Å². The van der Waals surface area contributed by atoms with E-state index in [0.717, 1.165) is 38.3 Å². The predicted molar refractivity (Wildman–Crippen MR) is 159 cm³/mol. The van der Waals surface area contributed by atoms with Gasteiger partial charge >= 0.3 is 6.18 Å². The molecule has 0 aliphatic carbocycles. The highest BCUT2D eigenvalue weighted by Gasteiger charge is 2.36. The van der Waals surface area contributed by atoms with Crippen LogP contribution in [0.5, 0.6) is 0 Å². The van der Waals surface area contributed by atoms with E-state index in [4.69, 9.17) is 23.2 Å². The normalized spacial score (nSPS) is 20.0. The molecule has 2 amide bonds. The number of nitrogens with zero attached hydrogens (tertiary/aromatic N) is 1. The van der Waals surface area contributed by atoms with Gasteiger partial charge in [-0.15, -0.1) is 0 Å². The van der Waals surface area contributed by atoms with Gasteiger partial charge in [0.1, 0.15) is 0 Å². The first kappa shape index (κ1) is 33.5. The number of piperidine rings is 2. The maximum absolute atomic E-state index is 14.2. The van der Waals surface area contributed by atoms with Crippen LogP contribution in [0.15, 0.2) is 35.2 Å². The van der Waals surface area contributed by atoms with Crippen molar-refractivity contribution in [2.24, 2.45) is 0 Å². The smallest absolute Gasteiger partial charge is 0.351 e. The molecule has 2 saturated heterocycles. The third kappa shape index (κ3) is 8.63. The number of alkyl halides is 3. The molecule has 0 aromatic heterocycles. The Morgan fingerprint density at radius 2 is 1.86 bits per heavy atom. The third-order valence-corrected chi connectivity index (χ3v) is 10.2. The maximum atomic E-state index is 14.2. The largest absolute Gasteiger partial charge is 0.416 e. The number of hydrogen-bond acceptors (Lipinski definition) is 6. The molecule has 2 atom stereocenters. The molecule has 0 spiro atoms. The van der Waals surface area contributed by atoms with Crippen LogP contribution in [0.1, 0.15) is 66.1 Å². The molecule has 0 unspecified atom stereocenters. The van der Waals surface area contributed by atoms with Gasteiger partial charge in [-0.2, -0.15) is 13.2 Å². The molecule has 14 heteroatoms. The van der Waals surface area contributed by atoms with Gasteiger partial charge in [0.15, 0.2) is 9.84 Å². The van der Waals surface area contributed by atoms with E-state index in [-0.39, 0.29) is 68.5 Å². The number of halogens is 5. The van der Waals surface area contributed by atoms with Gasteiger partial charge in [0.2, 0.25) is 5.91 Å². The molecule has 236 valence electrons. The second-order valence-corrected chi connectivity index (χ2v) is 14.0. The maximum Gasteiger partial charge on any atom is 0.416 e. The Morgan fingerprint density at radius 1 is 1.09 bits per heavy atom. The summed E-state index contributed by atoms with van der Waals surface area (Å²) in [5.74, 6) is -1.12. The lowest BCUT2D eigenvalue weighted by molar-refractivity contribution is -0.138. The summed E-state index contributed by atoms with van der Waals surface area (Å²) in [5.41, 5.74) is -1.28. The van der Waals surface area contributed by atoms with Gasteiger partial charge in [0, 0.05) is 41.3 Å². The molecule has 2 aromatic rings. The van der Waals surface area contributed by atoms with Crippen LogP contribution in [0, 0.1) is 0 Å². The summed E-state index contributed by atoms with van der Waals surface area (Å²) in [6.45, 7) is 2.79. The van der Waals surface area contributed by atoms with E-state index in [1.165, 1.54) is 31.2 Å². The first-order valence-electron chi connectivity index (χ1n) is 14.2. The number of benzene rings is 2.